The highest BCUT2D eigenvalue weighted by atomic mass is 16.5. The van der Waals surface area contributed by atoms with Gasteiger partial charge in [0, 0.05) is 6.04 Å². The molecule has 2 aromatic rings. The standard InChI is InChI=1S/C19H25NO/c1-14-5-6-18(11-15(14)2)13-21-19-9-7-17(8-10-19)12-16(3)20-4/h5-11,16,20H,12-13H2,1-4H3. The van der Waals surface area contributed by atoms with Crippen LogP contribution < -0.4 is 10.1 Å². The van der Waals surface area contributed by atoms with Crippen molar-refractivity contribution in [3.05, 3.63) is 64.7 Å². The topological polar surface area (TPSA) is 21.3 Å². The molecule has 0 spiro atoms. The molecule has 21 heavy (non-hydrogen) atoms. The molecule has 0 saturated heterocycles. The summed E-state index contributed by atoms with van der Waals surface area (Å²) < 4.78 is 5.86. The number of aryl methyl sites for hydroxylation is 2. The van der Waals surface area contributed by atoms with Crippen LogP contribution in [0.5, 0.6) is 5.75 Å². The lowest BCUT2D eigenvalue weighted by Gasteiger charge is -2.11. The number of ether oxygens (including phenoxy) is 1. The minimum atomic E-state index is 0.493. The van der Waals surface area contributed by atoms with E-state index in [2.05, 4.69) is 68.6 Å². The van der Waals surface area contributed by atoms with Crippen LogP contribution in [-0.4, -0.2) is 13.1 Å². The third kappa shape index (κ3) is 4.61. The van der Waals surface area contributed by atoms with Crippen molar-refractivity contribution in [1.29, 1.82) is 0 Å². The Bertz CT molecular complexity index is 575. The van der Waals surface area contributed by atoms with Gasteiger partial charge in [-0.25, -0.2) is 0 Å². The fourth-order valence-electron chi connectivity index (χ4n) is 2.24. The predicted molar refractivity (Wildman–Crippen MR) is 88.9 cm³/mol. The Hall–Kier alpha value is -1.80. The van der Waals surface area contributed by atoms with Crippen molar-refractivity contribution in [3.63, 3.8) is 0 Å². The minimum Gasteiger partial charge on any atom is -0.489 e. The first-order valence-electron chi connectivity index (χ1n) is 7.53. The molecule has 0 aliphatic heterocycles. The molecule has 0 aliphatic rings. The van der Waals surface area contributed by atoms with Crippen molar-refractivity contribution >= 4 is 0 Å². The van der Waals surface area contributed by atoms with E-state index in [1.807, 2.05) is 7.05 Å². The van der Waals surface area contributed by atoms with Gasteiger partial charge in [-0.2, -0.15) is 0 Å². The van der Waals surface area contributed by atoms with Crippen molar-refractivity contribution in [2.45, 2.75) is 39.8 Å². The van der Waals surface area contributed by atoms with Gasteiger partial charge in [-0.15, -0.1) is 0 Å². The van der Waals surface area contributed by atoms with Gasteiger partial charge in [0.05, 0.1) is 0 Å². The van der Waals surface area contributed by atoms with Gasteiger partial charge >= 0.3 is 0 Å². The molecule has 2 heteroatoms. The highest BCUT2D eigenvalue weighted by Crippen LogP contribution is 2.16. The van der Waals surface area contributed by atoms with Crippen molar-refractivity contribution in [1.82, 2.24) is 5.32 Å². The molecule has 0 heterocycles. The van der Waals surface area contributed by atoms with Gasteiger partial charge in [-0.1, -0.05) is 30.3 Å². The molecule has 1 atom stereocenters. The molecule has 0 aliphatic carbocycles. The van der Waals surface area contributed by atoms with Gasteiger partial charge in [-0.3, -0.25) is 0 Å². The molecule has 0 aromatic heterocycles. The van der Waals surface area contributed by atoms with Crippen LogP contribution in [0.15, 0.2) is 42.5 Å². The molecule has 0 saturated carbocycles. The van der Waals surface area contributed by atoms with Crippen molar-refractivity contribution in [3.8, 4) is 5.75 Å². The Kier molecular flexibility index (Phi) is 5.40. The van der Waals surface area contributed by atoms with E-state index in [9.17, 15) is 0 Å². The zero-order valence-electron chi connectivity index (χ0n) is 13.4. The summed E-state index contributed by atoms with van der Waals surface area (Å²) in [4.78, 5) is 0. The van der Waals surface area contributed by atoms with E-state index in [0.29, 0.717) is 12.6 Å². The van der Waals surface area contributed by atoms with Gasteiger partial charge in [0.15, 0.2) is 0 Å². The van der Waals surface area contributed by atoms with Crippen molar-refractivity contribution in [2.75, 3.05) is 7.05 Å². The molecule has 2 rings (SSSR count). The summed E-state index contributed by atoms with van der Waals surface area (Å²) in [5, 5.41) is 3.25. The van der Waals surface area contributed by atoms with Crippen LogP contribution >= 0.6 is 0 Å². The Morgan fingerprint density at radius 2 is 1.62 bits per heavy atom. The van der Waals surface area contributed by atoms with Crippen LogP contribution in [-0.2, 0) is 13.0 Å². The Balaban J connectivity index is 1.92. The molecule has 1 N–H and O–H groups in total. The van der Waals surface area contributed by atoms with E-state index in [4.69, 9.17) is 4.74 Å². The largest absolute Gasteiger partial charge is 0.489 e. The van der Waals surface area contributed by atoms with E-state index in [1.165, 1.54) is 22.3 Å². The molecule has 1 unspecified atom stereocenters. The van der Waals surface area contributed by atoms with Crippen LogP contribution in [0, 0.1) is 13.8 Å². The van der Waals surface area contributed by atoms with Gasteiger partial charge < -0.3 is 10.1 Å². The summed E-state index contributed by atoms with van der Waals surface area (Å²) in [6.45, 7) is 7.07. The van der Waals surface area contributed by atoms with Gasteiger partial charge in [0.25, 0.3) is 0 Å². The quantitative estimate of drug-likeness (QED) is 0.864. The first kappa shape index (κ1) is 15.6. The maximum atomic E-state index is 5.86. The fourth-order valence-corrected chi connectivity index (χ4v) is 2.24. The highest BCUT2D eigenvalue weighted by Gasteiger charge is 2.02. The molecular formula is C19H25NO. The van der Waals surface area contributed by atoms with Crippen LogP contribution in [0.3, 0.4) is 0 Å². The second-order valence-electron chi connectivity index (χ2n) is 5.75. The summed E-state index contributed by atoms with van der Waals surface area (Å²) in [5.41, 5.74) is 5.18. The molecule has 0 fully saturated rings. The maximum absolute atomic E-state index is 5.86. The number of nitrogens with one attached hydrogen (secondary N) is 1. The number of rotatable bonds is 6. The van der Waals surface area contributed by atoms with Crippen LogP contribution in [0.25, 0.3) is 0 Å². The lowest BCUT2D eigenvalue weighted by molar-refractivity contribution is 0.306. The molecular weight excluding hydrogens is 258 g/mol. The average Bonchev–Trinajstić information content (AvgIpc) is 2.50. The summed E-state index contributed by atoms with van der Waals surface area (Å²) >= 11 is 0. The second-order valence-corrected chi connectivity index (χ2v) is 5.75. The van der Waals surface area contributed by atoms with E-state index in [1.54, 1.807) is 0 Å². The normalized spacial score (nSPS) is 12.2. The van der Waals surface area contributed by atoms with E-state index < -0.39 is 0 Å². The minimum absolute atomic E-state index is 0.493. The summed E-state index contributed by atoms with van der Waals surface area (Å²) in [6, 6.07) is 15.4. The summed E-state index contributed by atoms with van der Waals surface area (Å²) in [6.07, 6.45) is 1.04. The monoisotopic (exact) mass is 283 g/mol. The molecule has 2 nitrogen and oxygen atoms in total. The lowest BCUT2D eigenvalue weighted by Crippen LogP contribution is -2.23. The highest BCUT2D eigenvalue weighted by molar-refractivity contribution is 5.31. The number of hydrogen-bond acceptors (Lipinski definition) is 2. The number of hydrogen-bond donors (Lipinski definition) is 1. The third-order valence-electron chi connectivity index (χ3n) is 3.93. The Morgan fingerprint density at radius 3 is 2.24 bits per heavy atom. The zero-order chi connectivity index (χ0) is 15.2. The van der Waals surface area contributed by atoms with E-state index in [-0.39, 0.29) is 0 Å². The first-order valence-corrected chi connectivity index (χ1v) is 7.53. The Labute approximate surface area is 128 Å². The van der Waals surface area contributed by atoms with E-state index in [0.717, 1.165) is 12.2 Å². The molecule has 0 amide bonds. The fraction of sp³-hybridized carbons (Fsp3) is 0.368. The van der Waals surface area contributed by atoms with Gasteiger partial charge in [-0.05, 0) is 68.6 Å². The average molecular weight is 283 g/mol. The number of benzene rings is 2. The van der Waals surface area contributed by atoms with Gasteiger partial charge in [0.1, 0.15) is 12.4 Å². The Morgan fingerprint density at radius 1 is 0.952 bits per heavy atom. The van der Waals surface area contributed by atoms with E-state index >= 15 is 0 Å². The maximum Gasteiger partial charge on any atom is 0.119 e. The predicted octanol–water partition coefficient (Wildman–Crippen LogP) is 4.03. The van der Waals surface area contributed by atoms with Crippen LogP contribution in [0.2, 0.25) is 0 Å². The molecule has 0 bridgehead atoms. The lowest BCUT2D eigenvalue weighted by atomic mass is 10.1. The van der Waals surface area contributed by atoms with Gasteiger partial charge in [0.2, 0.25) is 0 Å². The SMILES string of the molecule is CNC(C)Cc1ccc(OCc2ccc(C)c(C)c2)cc1. The smallest absolute Gasteiger partial charge is 0.119 e. The number of likely N-dealkylation sites (N-methyl/N-ethyl adjacent to an activating group) is 1. The third-order valence-corrected chi connectivity index (χ3v) is 3.93. The van der Waals surface area contributed by atoms with Crippen molar-refractivity contribution < 1.29 is 4.74 Å². The second kappa shape index (κ2) is 7.28. The molecule has 0 radical (unpaired) electrons. The van der Waals surface area contributed by atoms with Crippen LogP contribution in [0.1, 0.15) is 29.2 Å². The summed E-state index contributed by atoms with van der Waals surface area (Å²) in [7, 11) is 1.99. The molecule has 112 valence electrons. The zero-order valence-corrected chi connectivity index (χ0v) is 13.4. The summed E-state index contributed by atoms with van der Waals surface area (Å²) in [5.74, 6) is 0.925. The van der Waals surface area contributed by atoms with Crippen molar-refractivity contribution in [2.24, 2.45) is 0 Å². The van der Waals surface area contributed by atoms with Crippen LogP contribution in [0.4, 0.5) is 0 Å². The molecule has 2 aromatic carbocycles. The first-order chi connectivity index (χ1) is 10.1.